The molecule has 2 amide bonds. The lowest BCUT2D eigenvalue weighted by Gasteiger charge is -2.39. The molecule has 4 aromatic rings. The standard InChI is InChI=1S/C20H23N3O2.C18H17ClN2O2/c1-22(2)18-8-7-15(13-21-18)19(24)23-11-9-20(10-12-23)17-6-4-3-5-16(17)14-25-20;19-16-6-5-13(11-20-16)17(22)21-9-7-18(8-10-21)15-4-2-1-3-14(15)12-23-18/h3-8,13H,9-12,14H2,1-2H3;1-6,11H,7-10,12H2. The average molecular weight is 666 g/mol. The van der Waals surface area contributed by atoms with Crippen LogP contribution in [-0.2, 0) is 33.9 Å². The molecule has 4 aliphatic heterocycles. The quantitative estimate of drug-likeness (QED) is 0.241. The van der Waals surface area contributed by atoms with Crippen LogP contribution in [0.5, 0.6) is 0 Å². The second kappa shape index (κ2) is 13.3. The molecule has 10 heteroatoms. The first kappa shape index (κ1) is 32.2. The summed E-state index contributed by atoms with van der Waals surface area (Å²) in [6.45, 7) is 4.15. The van der Waals surface area contributed by atoms with Gasteiger partial charge in [-0.1, -0.05) is 60.1 Å². The van der Waals surface area contributed by atoms with E-state index < -0.39 is 0 Å². The normalized spacial score (nSPS) is 18.6. The van der Waals surface area contributed by atoms with Crippen molar-refractivity contribution in [3.8, 4) is 0 Å². The van der Waals surface area contributed by atoms with Crippen LogP contribution in [0.3, 0.4) is 0 Å². The maximum atomic E-state index is 12.8. The van der Waals surface area contributed by atoms with E-state index >= 15 is 0 Å². The van der Waals surface area contributed by atoms with Gasteiger partial charge in [0.05, 0.1) is 35.5 Å². The Morgan fingerprint density at radius 3 is 1.54 bits per heavy atom. The third kappa shape index (κ3) is 6.18. The molecule has 248 valence electrons. The number of likely N-dealkylation sites (tertiary alicyclic amines) is 2. The summed E-state index contributed by atoms with van der Waals surface area (Å²) in [5, 5.41) is 0.398. The van der Waals surface area contributed by atoms with Crippen LogP contribution in [-0.4, -0.2) is 71.9 Å². The van der Waals surface area contributed by atoms with E-state index in [1.54, 1.807) is 18.3 Å². The number of carbonyl (C=O) groups excluding carboxylic acids is 2. The molecular weight excluding hydrogens is 626 g/mol. The number of rotatable bonds is 3. The van der Waals surface area contributed by atoms with E-state index in [9.17, 15) is 9.59 Å². The van der Waals surface area contributed by atoms with Gasteiger partial charge in [-0.2, -0.15) is 0 Å². The molecule has 0 aliphatic carbocycles. The van der Waals surface area contributed by atoms with Crippen LogP contribution < -0.4 is 4.90 Å². The number of pyridine rings is 2. The Morgan fingerprint density at radius 2 is 1.12 bits per heavy atom. The molecule has 2 aromatic heterocycles. The summed E-state index contributed by atoms with van der Waals surface area (Å²) in [6, 6.07) is 24.0. The second-order valence-corrected chi connectivity index (χ2v) is 13.5. The zero-order valence-electron chi connectivity index (χ0n) is 27.4. The van der Waals surface area contributed by atoms with Crippen LogP contribution in [0, 0.1) is 0 Å². The molecule has 2 saturated heterocycles. The van der Waals surface area contributed by atoms with Crippen molar-refractivity contribution in [2.75, 3.05) is 45.2 Å². The lowest BCUT2D eigenvalue weighted by atomic mass is 9.83. The fourth-order valence-electron chi connectivity index (χ4n) is 7.38. The number of amides is 2. The smallest absolute Gasteiger partial charge is 0.255 e. The average Bonchev–Trinajstić information content (AvgIpc) is 3.67. The maximum absolute atomic E-state index is 12.8. The van der Waals surface area contributed by atoms with Gasteiger partial charge in [-0.05, 0) is 72.2 Å². The first-order valence-corrected chi connectivity index (χ1v) is 16.9. The highest BCUT2D eigenvalue weighted by atomic mass is 35.5. The van der Waals surface area contributed by atoms with Gasteiger partial charge in [0, 0.05) is 52.7 Å². The summed E-state index contributed by atoms with van der Waals surface area (Å²) >= 11 is 5.78. The molecule has 8 rings (SSSR count). The first-order chi connectivity index (χ1) is 23.3. The number of benzene rings is 2. The molecule has 48 heavy (non-hydrogen) atoms. The summed E-state index contributed by atoms with van der Waals surface area (Å²) in [7, 11) is 3.88. The van der Waals surface area contributed by atoms with Crippen LogP contribution in [0.2, 0.25) is 5.15 Å². The third-order valence-electron chi connectivity index (χ3n) is 10.2. The molecule has 0 unspecified atom stereocenters. The van der Waals surface area contributed by atoms with Gasteiger partial charge in [-0.3, -0.25) is 9.59 Å². The molecule has 0 radical (unpaired) electrons. The molecule has 9 nitrogen and oxygen atoms in total. The van der Waals surface area contributed by atoms with Gasteiger partial charge < -0.3 is 24.2 Å². The van der Waals surface area contributed by atoms with Gasteiger partial charge in [0.2, 0.25) is 0 Å². The fraction of sp³-hybridized carbons (Fsp3) is 0.368. The predicted molar refractivity (Wildman–Crippen MR) is 184 cm³/mol. The topological polar surface area (TPSA) is 88.1 Å². The van der Waals surface area contributed by atoms with Crippen molar-refractivity contribution < 1.29 is 19.1 Å². The Labute approximate surface area is 286 Å². The lowest BCUT2D eigenvalue weighted by molar-refractivity contribution is -0.0744. The van der Waals surface area contributed by atoms with Crippen molar-refractivity contribution >= 4 is 29.2 Å². The van der Waals surface area contributed by atoms with E-state index in [1.807, 2.05) is 47.0 Å². The Morgan fingerprint density at radius 1 is 0.667 bits per heavy atom. The molecule has 2 fully saturated rings. The Hall–Kier alpha value is -4.31. The highest BCUT2D eigenvalue weighted by Crippen LogP contribution is 2.45. The Balaban J connectivity index is 0.000000152. The second-order valence-electron chi connectivity index (χ2n) is 13.1. The van der Waals surface area contributed by atoms with Gasteiger partial charge in [-0.15, -0.1) is 0 Å². The summed E-state index contributed by atoms with van der Waals surface area (Å²) in [4.78, 5) is 39.4. The SMILES string of the molecule is CN(C)c1ccc(C(=O)N2CCC3(CC2)OCc2ccccc23)cn1.O=C(c1ccc(Cl)nc1)N1CCC2(CC1)OCc1ccccc12. The molecular formula is C38H40ClN5O4. The van der Waals surface area contributed by atoms with Crippen molar-refractivity contribution in [1.82, 2.24) is 19.8 Å². The number of nitrogens with zero attached hydrogens (tertiary/aromatic N) is 5. The summed E-state index contributed by atoms with van der Waals surface area (Å²) in [5.41, 5.74) is 5.96. The van der Waals surface area contributed by atoms with Crippen molar-refractivity contribution in [3.05, 3.63) is 124 Å². The minimum atomic E-state index is -0.217. The first-order valence-electron chi connectivity index (χ1n) is 16.6. The van der Waals surface area contributed by atoms with Gasteiger partial charge in [-0.25, -0.2) is 9.97 Å². The number of halogens is 1. The predicted octanol–water partition coefficient (Wildman–Crippen LogP) is 6.21. The minimum Gasteiger partial charge on any atom is -0.365 e. The maximum Gasteiger partial charge on any atom is 0.255 e. The number of aromatic nitrogens is 2. The van der Waals surface area contributed by atoms with Crippen molar-refractivity contribution in [2.24, 2.45) is 0 Å². The van der Waals surface area contributed by atoms with Crippen molar-refractivity contribution in [1.29, 1.82) is 0 Å². The van der Waals surface area contributed by atoms with Gasteiger partial charge in [0.1, 0.15) is 11.0 Å². The molecule has 0 N–H and O–H groups in total. The molecule has 0 atom stereocenters. The van der Waals surface area contributed by atoms with E-state index in [2.05, 4.69) is 52.4 Å². The Kier molecular flexibility index (Phi) is 8.94. The summed E-state index contributed by atoms with van der Waals surface area (Å²) in [5.74, 6) is 0.916. The minimum absolute atomic E-state index is 0.00954. The van der Waals surface area contributed by atoms with Crippen LogP contribution >= 0.6 is 11.6 Å². The van der Waals surface area contributed by atoms with E-state index in [4.69, 9.17) is 21.1 Å². The highest BCUT2D eigenvalue weighted by molar-refractivity contribution is 6.29. The molecule has 0 bridgehead atoms. The zero-order valence-corrected chi connectivity index (χ0v) is 28.2. The molecule has 2 aromatic carbocycles. The lowest BCUT2D eigenvalue weighted by Crippen LogP contribution is -2.45. The number of fused-ring (bicyclic) bond motifs is 4. The third-order valence-corrected chi connectivity index (χ3v) is 10.4. The number of anilines is 1. The Bertz CT molecular complexity index is 1780. The number of ether oxygens (including phenoxy) is 2. The highest BCUT2D eigenvalue weighted by Gasteiger charge is 2.44. The van der Waals surface area contributed by atoms with Crippen LogP contribution in [0.4, 0.5) is 5.82 Å². The van der Waals surface area contributed by atoms with Crippen LogP contribution in [0.25, 0.3) is 0 Å². The molecule has 2 spiro atoms. The monoisotopic (exact) mass is 665 g/mol. The summed E-state index contributed by atoms with van der Waals surface area (Å²) in [6.07, 6.45) is 6.56. The van der Waals surface area contributed by atoms with Gasteiger partial charge in [0.15, 0.2) is 0 Å². The number of hydrogen-bond acceptors (Lipinski definition) is 7. The van der Waals surface area contributed by atoms with Crippen LogP contribution in [0.1, 0.15) is 68.7 Å². The number of hydrogen-bond donors (Lipinski definition) is 0. The van der Waals surface area contributed by atoms with E-state index in [-0.39, 0.29) is 23.0 Å². The molecule has 4 aliphatic rings. The molecule has 6 heterocycles. The van der Waals surface area contributed by atoms with Gasteiger partial charge in [0.25, 0.3) is 11.8 Å². The van der Waals surface area contributed by atoms with Crippen molar-refractivity contribution in [2.45, 2.75) is 50.1 Å². The van der Waals surface area contributed by atoms with E-state index in [1.165, 1.54) is 28.5 Å². The number of piperidine rings is 2. The molecule has 0 saturated carbocycles. The van der Waals surface area contributed by atoms with Crippen LogP contribution in [0.15, 0.2) is 85.2 Å². The zero-order chi connectivity index (χ0) is 33.3. The van der Waals surface area contributed by atoms with Gasteiger partial charge >= 0.3 is 0 Å². The summed E-state index contributed by atoms with van der Waals surface area (Å²) < 4.78 is 12.3. The number of carbonyl (C=O) groups is 2. The fourth-order valence-corrected chi connectivity index (χ4v) is 7.49. The van der Waals surface area contributed by atoms with Crippen molar-refractivity contribution in [3.63, 3.8) is 0 Å². The van der Waals surface area contributed by atoms with E-state index in [0.29, 0.717) is 55.7 Å². The van der Waals surface area contributed by atoms with E-state index in [0.717, 1.165) is 31.5 Å². The largest absolute Gasteiger partial charge is 0.365 e.